The summed E-state index contributed by atoms with van der Waals surface area (Å²) in [4.78, 5) is 29.2. The second-order valence-corrected chi connectivity index (χ2v) is 6.98. The number of hydrogen-bond acceptors (Lipinski definition) is 3. The third kappa shape index (κ3) is 3.80. The molecule has 0 radical (unpaired) electrons. The molecule has 0 aromatic heterocycles. The maximum Gasteiger partial charge on any atom is 0.253 e. The van der Waals surface area contributed by atoms with Crippen LogP contribution in [-0.4, -0.2) is 54.9 Å². The van der Waals surface area contributed by atoms with Gasteiger partial charge in [-0.2, -0.15) is 0 Å². The highest BCUT2D eigenvalue weighted by atomic mass is 16.5. The van der Waals surface area contributed by atoms with E-state index in [1.165, 1.54) is 6.42 Å². The van der Waals surface area contributed by atoms with Crippen molar-refractivity contribution in [3.8, 4) is 5.75 Å². The average Bonchev–Trinajstić information content (AvgIpc) is 2.85. The molecule has 3 rings (SSSR count). The molecule has 1 heterocycles. The van der Waals surface area contributed by atoms with Crippen molar-refractivity contribution >= 4 is 11.8 Å². The van der Waals surface area contributed by atoms with Crippen LogP contribution in [-0.2, 0) is 11.2 Å². The van der Waals surface area contributed by atoms with E-state index in [-0.39, 0.29) is 11.8 Å². The van der Waals surface area contributed by atoms with Crippen molar-refractivity contribution < 1.29 is 14.3 Å². The summed E-state index contributed by atoms with van der Waals surface area (Å²) in [5, 5.41) is 0. The molecule has 2 amide bonds. The normalized spacial score (nSPS) is 18.5. The lowest BCUT2D eigenvalue weighted by Gasteiger charge is -2.31. The highest BCUT2D eigenvalue weighted by Crippen LogP contribution is 2.28. The zero-order valence-electron chi connectivity index (χ0n) is 15.3. The lowest BCUT2D eigenvalue weighted by Crippen LogP contribution is -2.41. The maximum atomic E-state index is 12.9. The van der Waals surface area contributed by atoms with Crippen LogP contribution in [0.3, 0.4) is 0 Å². The van der Waals surface area contributed by atoms with Gasteiger partial charge in [0.1, 0.15) is 5.75 Å². The lowest BCUT2D eigenvalue weighted by molar-refractivity contribution is -0.138. The van der Waals surface area contributed by atoms with Gasteiger partial charge in [0.15, 0.2) is 0 Å². The van der Waals surface area contributed by atoms with E-state index < -0.39 is 0 Å². The van der Waals surface area contributed by atoms with Crippen molar-refractivity contribution in [3.63, 3.8) is 0 Å². The largest absolute Gasteiger partial charge is 0.496 e. The summed E-state index contributed by atoms with van der Waals surface area (Å²) in [6.07, 6.45) is 4.91. The predicted molar refractivity (Wildman–Crippen MR) is 96.8 cm³/mol. The number of methoxy groups -OCH3 is 1. The molecule has 0 bridgehead atoms. The zero-order valence-corrected chi connectivity index (χ0v) is 15.3. The second kappa shape index (κ2) is 7.89. The van der Waals surface area contributed by atoms with Crippen LogP contribution >= 0.6 is 0 Å². The molecule has 2 aliphatic rings. The van der Waals surface area contributed by atoms with Gasteiger partial charge in [-0.3, -0.25) is 9.59 Å². The predicted octanol–water partition coefficient (Wildman–Crippen LogP) is 2.73. The fourth-order valence-corrected chi connectivity index (χ4v) is 3.62. The lowest BCUT2D eigenvalue weighted by atomic mass is 9.84. The van der Waals surface area contributed by atoms with Gasteiger partial charge in [-0.25, -0.2) is 0 Å². The molecule has 1 saturated carbocycles. The number of nitrogens with zero attached hydrogens (tertiary/aromatic N) is 2. The second-order valence-electron chi connectivity index (χ2n) is 6.98. The quantitative estimate of drug-likeness (QED) is 0.844. The Balaban J connectivity index is 1.65. The Kier molecular flexibility index (Phi) is 5.61. The van der Waals surface area contributed by atoms with Gasteiger partial charge in [0.2, 0.25) is 5.91 Å². The third-order valence-electron chi connectivity index (χ3n) is 5.46. The van der Waals surface area contributed by atoms with E-state index in [0.717, 1.165) is 43.5 Å². The third-order valence-corrected chi connectivity index (χ3v) is 5.46. The van der Waals surface area contributed by atoms with Gasteiger partial charge in [0, 0.05) is 37.7 Å². The summed E-state index contributed by atoms with van der Waals surface area (Å²) in [5.74, 6) is 1.40. The summed E-state index contributed by atoms with van der Waals surface area (Å²) in [5.41, 5.74) is 1.75. The topological polar surface area (TPSA) is 49.9 Å². The highest BCUT2D eigenvalue weighted by Gasteiger charge is 2.31. The van der Waals surface area contributed by atoms with Crippen LogP contribution < -0.4 is 4.74 Å². The monoisotopic (exact) mass is 344 g/mol. The van der Waals surface area contributed by atoms with Crippen LogP contribution in [0.4, 0.5) is 0 Å². The number of carbonyl (C=O) groups excluding carboxylic acids is 2. The molecule has 5 nitrogen and oxygen atoms in total. The number of aryl methyl sites for hydroxylation is 1. The van der Waals surface area contributed by atoms with Gasteiger partial charge in [-0.05, 0) is 49.4 Å². The van der Waals surface area contributed by atoms with E-state index in [9.17, 15) is 9.59 Å². The van der Waals surface area contributed by atoms with Crippen molar-refractivity contribution in [1.29, 1.82) is 0 Å². The van der Waals surface area contributed by atoms with Crippen molar-refractivity contribution in [2.45, 2.75) is 39.0 Å². The van der Waals surface area contributed by atoms with Crippen LogP contribution in [0.25, 0.3) is 0 Å². The summed E-state index contributed by atoms with van der Waals surface area (Å²) in [7, 11) is 1.65. The minimum absolute atomic E-state index is 0.0512. The molecular formula is C20H28N2O3. The van der Waals surface area contributed by atoms with Crippen molar-refractivity contribution in [2.24, 2.45) is 5.92 Å². The molecule has 5 heteroatoms. The fraction of sp³-hybridized carbons (Fsp3) is 0.600. The molecule has 0 unspecified atom stereocenters. The molecule has 1 aromatic carbocycles. The SMILES string of the molecule is CCc1cc(C(=O)N2CCCN(C(=O)C3CCC3)CC2)ccc1OC. The molecule has 136 valence electrons. The molecule has 2 fully saturated rings. The maximum absolute atomic E-state index is 12.9. The van der Waals surface area contributed by atoms with Gasteiger partial charge >= 0.3 is 0 Å². The summed E-state index contributed by atoms with van der Waals surface area (Å²) in [6, 6.07) is 5.64. The van der Waals surface area contributed by atoms with Gasteiger partial charge in [0.25, 0.3) is 5.91 Å². The van der Waals surface area contributed by atoms with E-state index in [2.05, 4.69) is 6.92 Å². The Morgan fingerprint density at radius 1 is 1.08 bits per heavy atom. The molecule has 1 aliphatic carbocycles. The number of carbonyl (C=O) groups is 2. The summed E-state index contributed by atoms with van der Waals surface area (Å²) < 4.78 is 5.35. The Morgan fingerprint density at radius 2 is 1.80 bits per heavy atom. The summed E-state index contributed by atoms with van der Waals surface area (Å²) >= 11 is 0. The van der Waals surface area contributed by atoms with Crippen molar-refractivity contribution in [2.75, 3.05) is 33.3 Å². The molecule has 0 spiro atoms. The zero-order chi connectivity index (χ0) is 17.8. The van der Waals surface area contributed by atoms with E-state index in [4.69, 9.17) is 4.74 Å². The van der Waals surface area contributed by atoms with Crippen LogP contribution in [0.1, 0.15) is 48.5 Å². The minimum atomic E-state index is 0.0512. The number of rotatable bonds is 4. The molecular weight excluding hydrogens is 316 g/mol. The van der Waals surface area contributed by atoms with E-state index >= 15 is 0 Å². The molecule has 25 heavy (non-hydrogen) atoms. The Labute approximate surface area is 149 Å². The van der Waals surface area contributed by atoms with Gasteiger partial charge in [-0.15, -0.1) is 0 Å². The first-order valence-electron chi connectivity index (χ1n) is 9.39. The van der Waals surface area contributed by atoms with Crippen molar-refractivity contribution in [3.05, 3.63) is 29.3 Å². The van der Waals surface area contributed by atoms with E-state index in [0.29, 0.717) is 31.1 Å². The molecule has 1 aromatic rings. The van der Waals surface area contributed by atoms with Crippen molar-refractivity contribution in [1.82, 2.24) is 9.80 Å². The van der Waals surface area contributed by atoms with Gasteiger partial charge in [-0.1, -0.05) is 13.3 Å². The van der Waals surface area contributed by atoms with Crippen LogP contribution in [0.5, 0.6) is 5.75 Å². The first-order valence-corrected chi connectivity index (χ1v) is 9.39. The smallest absolute Gasteiger partial charge is 0.253 e. The first-order chi connectivity index (χ1) is 12.1. The molecule has 0 N–H and O–H groups in total. The van der Waals surface area contributed by atoms with Crippen LogP contribution in [0, 0.1) is 5.92 Å². The molecule has 0 atom stereocenters. The van der Waals surface area contributed by atoms with Gasteiger partial charge < -0.3 is 14.5 Å². The Hall–Kier alpha value is -2.04. The number of benzene rings is 1. The van der Waals surface area contributed by atoms with Crippen LogP contribution in [0.2, 0.25) is 0 Å². The number of amides is 2. The Bertz CT molecular complexity index is 640. The molecule has 1 saturated heterocycles. The highest BCUT2D eigenvalue weighted by molar-refractivity contribution is 5.94. The first kappa shape index (κ1) is 17.8. The number of hydrogen-bond donors (Lipinski definition) is 0. The minimum Gasteiger partial charge on any atom is -0.496 e. The van der Waals surface area contributed by atoms with Crippen LogP contribution in [0.15, 0.2) is 18.2 Å². The van der Waals surface area contributed by atoms with Gasteiger partial charge in [0.05, 0.1) is 7.11 Å². The average molecular weight is 344 g/mol. The van der Waals surface area contributed by atoms with E-state index in [1.54, 1.807) is 7.11 Å². The Morgan fingerprint density at radius 3 is 2.44 bits per heavy atom. The summed E-state index contributed by atoms with van der Waals surface area (Å²) in [6.45, 7) is 4.80. The standard InChI is InChI=1S/C20H28N2O3/c1-3-15-14-17(8-9-18(15)25-2)20(24)22-11-5-10-21(12-13-22)19(23)16-6-4-7-16/h8-9,14,16H,3-7,10-13H2,1-2H3. The van der Waals surface area contributed by atoms with E-state index in [1.807, 2.05) is 28.0 Å². The molecule has 1 aliphatic heterocycles. The fourth-order valence-electron chi connectivity index (χ4n) is 3.62. The number of ether oxygens (including phenoxy) is 1.